The highest BCUT2D eigenvalue weighted by molar-refractivity contribution is 5.78. The first-order chi connectivity index (χ1) is 6.66. The van der Waals surface area contributed by atoms with Crippen molar-refractivity contribution in [1.29, 1.82) is 0 Å². The molecule has 3 fully saturated rings. The summed E-state index contributed by atoms with van der Waals surface area (Å²) >= 11 is 0. The maximum atomic E-state index is 11.6. The lowest BCUT2D eigenvalue weighted by atomic mass is 9.91. The second kappa shape index (κ2) is 4.78. The molecule has 0 aliphatic carbocycles. The molecule has 3 saturated heterocycles. The normalized spacial score (nSPS) is 29.1. The van der Waals surface area contributed by atoms with E-state index < -0.39 is 0 Å². The zero-order chi connectivity index (χ0) is 10.7. The fourth-order valence-corrected chi connectivity index (χ4v) is 2.06. The van der Waals surface area contributed by atoms with Crippen LogP contribution >= 0.6 is 0 Å². The second-order valence-electron chi connectivity index (χ2n) is 4.19. The number of amides is 1. The zero-order valence-corrected chi connectivity index (χ0v) is 9.71. The Hall–Kier alpha value is -0.570. The van der Waals surface area contributed by atoms with Crippen molar-refractivity contribution in [3.05, 3.63) is 0 Å². The van der Waals surface area contributed by atoms with Crippen LogP contribution in [-0.2, 0) is 4.79 Å². The van der Waals surface area contributed by atoms with Crippen LogP contribution in [0.1, 0.15) is 34.1 Å². The number of carbonyl (C=O) groups is 1. The smallest absolute Gasteiger partial charge is 0.225 e. The Kier molecular flexibility index (Phi) is 3.93. The van der Waals surface area contributed by atoms with Gasteiger partial charge < -0.3 is 10.2 Å². The van der Waals surface area contributed by atoms with E-state index in [0.29, 0.717) is 18.0 Å². The van der Waals surface area contributed by atoms with Crippen molar-refractivity contribution in [3.63, 3.8) is 0 Å². The molecule has 2 atom stereocenters. The number of hydrogen-bond donors (Lipinski definition) is 1. The summed E-state index contributed by atoms with van der Waals surface area (Å²) < 4.78 is 0. The predicted molar refractivity (Wildman–Crippen MR) is 58.1 cm³/mol. The predicted octanol–water partition coefficient (Wildman–Crippen LogP) is 1.24. The molecule has 0 saturated carbocycles. The van der Waals surface area contributed by atoms with E-state index in [9.17, 15) is 4.79 Å². The van der Waals surface area contributed by atoms with Crippen LogP contribution in [0.5, 0.6) is 0 Å². The molecule has 2 bridgehead atoms. The second-order valence-corrected chi connectivity index (χ2v) is 4.19. The highest BCUT2D eigenvalue weighted by Gasteiger charge is 2.38. The largest absolute Gasteiger partial charge is 0.339 e. The van der Waals surface area contributed by atoms with Crippen molar-refractivity contribution >= 4 is 5.91 Å². The third-order valence-corrected chi connectivity index (χ3v) is 2.73. The molecule has 0 spiro atoms. The summed E-state index contributed by atoms with van der Waals surface area (Å²) in [5, 5.41) is 3.41. The Bertz CT molecular complexity index is 187. The average molecular weight is 198 g/mol. The average Bonchev–Trinajstić information content (AvgIpc) is 2.19. The quantitative estimate of drug-likeness (QED) is 0.687. The molecule has 3 aliphatic rings. The Morgan fingerprint density at radius 2 is 1.71 bits per heavy atom. The van der Waals surface area contributed by atoms with E-state index in [4.69, 9.17) is 0 Å². The van der Waals surface area contributed by atoms with E-state index in [2.05, 4.69) is 5.32 Å². The third-order valence-electron chi connectivity index (χ3n) is 2.73. The van der Waals surface area contributed by atoms with E-state index in [0.717, 1.165) is 13.1 Å². The molecule has 1 amide bonds. The number of piperazine rings is 1. The first-order valence-corrected chi connectivity index (χ1v) is 5.71. The minimum atomic E-state index is 0.155. The molecule has 0 radical (unpaired) electrons. The van der Waals surface area contributed by atoms with Gasteiger partial charge in [-0.3, -0.25) is 4.79 Å². The van der Waals surface area contributed by atoms with Gasteiger partial charge in [0.25, 0.3) is 0 Å². The van der Waals surface area contributed by atoms with E-state index in [-0.39, 0.29) is 5.92 Å². The Morgan fingerprint density at radius 3 is 2.07 bits per heavy atom. The third kappa shape index (κ3) is 2.27. The molecule has 0 aromatic carbocycles. The van der Waals surface area contributed by atoms with Crippen LogP contribution in [-0.4, -0.2) is 36.0 Å². The molecule has 2 unspecified atom stereocenters. The van der Waals surface area contributed by atoms with Crippen molar-refractivity contribution in [2.75, 3.05) is 13.1 Å². The van der Waals surface area contributed by atoms with Crippen LogP contribution in [0.25, 0.3) is 0 Å². The number of piperidine rings is 1. The first-order valence-electron chi connectivity index (χ1n) is 5.71. The SMILES string of the molecule is CC.CC(C)C(=O)N1CC2CC(C1)N2. The Labute approximate surface area is 86.9 Å². The number of rotatable bonds is 1. The van der Waals surface area contributed by atoms with Gasteiger partial charge in [-0.05, 0) is 6.42 Å². The van der Waals surface area contributed by atoms with Gasteiger partial charge in [0.05, 0.1) is 0 Å². The monoisotopic (exact) mass is 198 g/mol. The van der Waals surface area contributed by atoms with E-state index in [1.54, 1.807) is 0 Å². The highest BCUT2D eigenvalue weighted by atomic mass is 16.2. The highest BCUT2D eigenvalue weighted by Crippen LogP contribution is 2.21. The summed E-state index contributed by atoms with van der Waals surface area (Å²) in [7, 11) is 0. The van der Waals surface area contributed by atoms with Crippen LogP contribution in [0.2, 0.25) is 0 Å². The fraction of sp³-hybridized carbons (Fsp3) is 0.909. The first kappa shape index (κ1) is 11.5. The fourth-order valence-electron chi connectivity index (χ4n) is 2.06. The summed E-state index contributed by atoms with van der Waals surface area (Å²) in [6, 6.07) is 1.18. The van der Waals surface area contributed by atoms with Crippen molar-refractivity contribution in [2.24, 2.45) is 5.92 Å². The number of nitrogens with one attached hydrogen (secondary N) is 1. The molecule has 3 aliphatic heterocycles. The van der Waals surface area contributed by atoms with Gasteiger partial charge in [-0.2, -0.15) is 0 Å². The molecule has 1 N–H and O–H groups in total. The molecular weight excluding hydrogens is 176 g/mol. The van der Waals surface area contributed by atoms with Gasteiger partial charge >= 0.3 is 0 Å². The van der Waals surface area contributed by atoms with Gasteiger partial charge in [0.2, 0.25) is 5.91 Å². The molecular formula is C11H22N2O. The number of hydrogen-bond acceptors (Lipinski definition) is 2. The van der Waals surface area contributed by atoms with Crippen LogP contribution in [0.3, 0.4) is 0 Å². The Morgan fingerprint density at radius 1 is 1.29 bits per heavy atom. The van der Waals surface area contributed by atoms with Crippen LogP contribution in [0, 0.1) is 5.92 Å². The zero-order valence-electron chi connectivity index (χ0n) is 9.71. The number of fused-ring (bicyclic) bond motifs is 2. The maximum Gasteiger partial charge on any atom is 0.225 e. The maximum absolute atomic E-state index is 11.6. The van der Waals surface area contributed by atoms with Crippen molar-refractivity contribution in [1.82, 2.24) is 10.2 Å². The topological polar surface area (TPSA) is 32.3 Å². The van der Waals surface area contributed by atoms with Gasteiger partial charge in [0, 0.05) is 31.1 Å². The van der Waals surface area contributed by atoms with Crippen molar-refractivity contribution in [2.45, 2.75) is 46.2 Å². The summed E-state index contributed by atoms with van der Waals surface area (Å²) in [4.78, 5) is 13.6. The van der Waals surface area contributed by atoms with Gasteiger partial charge in [0.15, 0.2) is 0 Å². The number of nitrogens with zero attached hydrogens (tertiary/aromatic N) is 1. The molecule has 14 heavy (non-hydrogen) atoms. The van der Waals surface area contributed by atoms with Gasteiger partial charge in [-0.1, -0.05) is 27.7 Å². The van der Waals surface area contributed by atoms with Crippen molar-refractivity contribution < 1.29 is 4.79 Å². The lowest BCUT2D eigenvalue weighted by Gasteiger charge is -2.48. The Balaban J connectivity index is 0.000000461. The van der Waals surface area contributed by atoms with E-state index in [1.165, 1.54) is 6.42 Å². The van der Waals surface area contributed by atoms with E-state index in [1.807, 2.05) is 32.6 Å². The summed E-state index contributed by atoms with van der Waals surface area (Å²) in [5.74, 6) is 0.466. The molecule has 3 nitrogen and oxygen atoms in total. The van der Waals surface area contributed by atoms with Crippen molar-refractivity contribution in [3.8, 4) is 0 Å². The molecule has 82 valence electrons. The lowest BCUT2D eigenvalue weighted by Crippen LogP contribution is -2.68. The molecule has 3 rings (SSSR count). The summed E-state index contributed by atoms with van der Waals surface area (Å²) in [5.41, 5.74) is 0. The van der Waals surface area contributed by atoms with Crippen LogP contribution < -0.4 is 5.32 Å². The molecule has 3 heteroatoms. The lowest BCUT2D eigenvalue weighted by molar-refractivity contribution is -0.138. The van der Waals surface area contributed by atoms with Crippen LogP contribution in [0.4, 0.5) is 0 Å². The molecule has 3 heterocycles. The summed E-state index contributed by atoms with van der Waals surface area (Å²) in [6.45, 7) is 9.78. The minimum absolute atomic E-state index is 0.155. The van der Waals surface area contributed by atoms with Gasteiger partial charge in [-0.15, -0.1) is 0 Å². The molecule has 0 aromatic heterocycles. The standard InChI is InChI=1S/C9H16N2O.C2H6/c1-6(2)9(12)11-4-7-3-8(5-11)10-7;1-2/h6-8,10H,3-5H2,1-2H3;1-2H3. The molecule has 0 aromatic rings. The number of carbonyl (C=O) groups excluding carboxylic acids is 1. The van der Waals surface area contributed by atoms with Gasteiger partial charge in [-0.25, -0.2) is 0 Å². The minimum Gasteiger partial charge on any atom is -0.339 e. The van der Waals surface area contributed by atoms with Gasteiger partial charge in [0.1, 0.15) is 0 Å². The van der Waals surface area contributed by atoms with Crippen LogP contribution in [0.15, 0.2) is 0 Å². The van der Waals surface area contributed by atoms with E-state index >= 15 is 0 Å². The summed E-state index contributed by atoms with van der Waals surface area (Å²) in [6.07, 6.45) is 1.27.